The molecule has 0 bridgehead atoms. The highest BCUT2D eigenvalue weighted by atomic mass is 16.5. The molecule has 1 aromatic heterocycles. The molecule has 134 valence electrons. The van der Waals surface area contributed by atoms with Crippen LogP contribution in [0.2, 0.25) is 0 Å². The van der Waals surface area contributed by atoms with Crippen LogP contribution in [0.25, 0.3) is 0 Å². The average Bonchev–Trinajstić information content (AvgIpc) is 3.09. The van der Waals surface area contributed by atoms with Crippen LogP contribution in [0, 0.1) is 0 Å². The van der Waals surface area contributed by atoms with Gasteiger partial charge in [-0.3, -0.25) is 9.59 Å². The van der Waals surface area contributed by atoms with Gasteiger partial charge in [-0.25, -0.2) is 0 Å². The number of ether oxygens (including phenoxy) is 1. The first-order valence-corrected chi connectivity index (χ1v) is 8.14. The van der Waals surface area contributed by atoms with Gasteiger partial charge in [-0.2, -0.15) is 0 Å². The fourth-order valence-corrected chi connectivity index (χ4v) is 2.25. The maximum absolute atomic E-state index is 11.9. The molecule has 2 amide bonds. The minimum absolute atomic E-state index is 0.0845. The number of furan rings is 1. The summed E-state index contributed by atoms with van der Waals surface area (Å²) < 4.78 is 10.7. The molecule has 0 radical (unpaired) electrons. The van der Waals surface area contributed by atoms with Crippen LogP contribution in [0.5, 0.6) is 5.75 Å². The summed E-state index contributed by atoms with van der Waals surface area (Å²) in [5.74, 6) is 0.686. The van der Waals surface area contributed by atoms with Crippen molar-refractivity contribution in [2.45, 2.75) is 32.7 Å². The Kier molecular flexibility index (Phi) is 6.22. The Bertz CT molecular complexity index is 702. The van der Waals surface area contributed by atoms with E-state index in [1.807, 2.05) is 24.3 Å². The Morgan fingerprint density at radius 3 is 2.48 bits per heavy atom. The summed E-state index contributed by atoms with van der Waals surface area (Å²) in [6.07, 6.45) is 1.54. The van der Waals surface area contributed by atoms with Crippen LogP contribution in [0.1, 0.15) is 32.1 Å². The number of para-hydroxylation sites is 1. The van der Waals surface area contributed by atoms with Crippen molar-refractivity contribution in [1.82, 2.24) is 10.6 Å². The van der Waals surface area contributed by atoms with Crippen LogP contribution in [0.4, 0.5) is 0 Å². The van der Waals surface area contributed by atoms with E-state index < -0.39 is 0 Å². The summed E-state index contributed by atoms with van der Waals surface area (Å²) in [4.78, 5) is 23.6. The molecule has 2 aromatic rings. The second-order valence-corrected chi connectivity index (χ2v) is 6.67. The smallest absolute Gasteiger partial charge is 0.258 e. The average molecular weight is 344 g/mol. The number of hydrogen-bond donors (Lipinski definition) is 2. The van der Waals surface area contributed by atoms with E-state index in [-0.39, 0.29) is 36.9 Å². The minimum Gasteiger partial charge on any atom is -0.483 e. The molecule has 2 N–H and O–H groups in total. The van der Waals surface area contributed by atoms with Gasteiger partial charge in [0.2, 0.25) is 5.91 Å². The summed E-state index contributed by atoms with van der Waals surface area (Å²) in [7, 11) is 0. The van der Waals surface area contributed by atoms with Crippen molar-refractivity contribution in [2.24, 2.45) is 0 Å². The molecule has 1 aromatic carbocycles. The number of carbonyl (C=O) groups is 2. The molecule has 0 aliphatic heterocycles. The highest BCUT2D eigenvalue weighted by Gasteiger charge is 2.18. The third kappa shape index (κ3) is 5.99. The van der Waals surface area contributed by atoms with E-state index in [4.69, 9.17) is 9.15 Å². The van der Waals surface area contributed by atoms with Gasteiger partial charge in [0.1, 0.15) is 11.5 Å². The first-order valence-electron chi connectivity index (χ1n) is 8.14. The van der Waals surface area contributed by atoms with Crippen molar-refractivity contribution in [3.8, 4) is 5.75 Å². The number of carbonyl (C=O) groups excluding carboxylic acids is 2. The van der Waals surface area contributed by atoms with Crippen LogP contribution in [0.15, 0.2) is 47.1 Å². The Hall–Kier alpha value is -2.76. The second kappa shape index (κ2) is 8.37. The predicted molar refractivity (Wildman–Crippen MR) is 94.2 cm³/mol. The SMILES string of the molecule is CC(C)(C)c1ccccc1OCC(=O)NCC(=O)NCc1ccco1. The number of amides is 2. The summed E-state index contributed by atoms with van der Waals surface area (Å²) >= 11 is 0. The lowest BCUT2D eigenvalue weighted by atomic mass is 9.86. The first kappa shape index (κ1) is 18.6. The maximum atomic E-state index is 11.9. The lowest BCUT2D eigenvalue weighted by Crippen LogP contribution is -2.38. The molecule has 0 atom stereocenters. The zero-order chi connectivity index (χ0) is 18.3. The van der Waals surface area contributed by atoms with Gasteiger partial charge in [0.15, 0.2) is 6.61 Å². The number of nitrogens with one attached hydrogen (secondary N) is 2. The van der Waals surface area contributed by atoms with E-state index in [1.54, 1.807) is 12.1 Å². The van der Waals surface area contributed by atoms with Crippen molar-refractivity contribution >= 4 is 11.8 Å². The summed E-state index contributed by atoms with van der Waals surface area (Å²) in [5, 5.41) is 5.19. The van der Waals surface area contributed by atoms with E-state index >= 15 is 0 Å². The van der Waals surface area contributed by atoms with Crippen LogP contribution in [-0.2, 0) is 21.5 Å². The van der Waals surface area contributed by atoms with E-state index in [0.717, 1.165) is 5.56 Å². The van der Waals surface area contributed by atoms with Gasteiger partial charge in [-0.05, 0) is 29.2 Å². The molecule has 25 heavy (non-hydrogen) atoms. The molecule has 6 nitrogen and oxygen atoms in total. The van der Waals surface area contributed by atoms with Crippen LogP contribution < -0.4 is 15.4 Å². The molecule has 0 saturated heterocycles. The van der Waals surface area contributed by atoms with Crippen LogP contribution >= 0.6 is 0 Å². The monoisotopic (exact) mass is 344 g/mol. The number of benzene rings is 1. The fraction of sp³-hybridized carbons (Fsp3) is 0.368. The Balaban J connectivity index is 1.75. The molecule has 0 aliphatic carbocycles. The van der Waals surface area contributed by atoms with Gasteiger partial charge in [0, 0.05) is 0 Å². The van der Waals surface area contributed by atoms with Crippen molar-refractivity contribution < 1.29 is 18.7 Å². The molecule has 0 fully saturated rings. The Morgan fingerprint density at radius 2 is 1.80 bits per heavy atom. The maximum Gasteiger partial charge on any atom is 0.258 e. The molecule has 0 spiro atoms. The number of rotatable bonds is 7. The molecule has 1 heterocycles. The molecule has 2 rings (SSSR count). The molecular formula is C19H24N2O4. The van der Waals surface area contributed by atoms with E-state index in [9.17, 15) is 9.59 Å². The van der Waals surface area contributed by atoms with E-state index in [2.05, 4.69) is 31.4 Å². The Labute approximate surface area is 147 Å². The van der Waals surface area contributed by atoms with Crippen LogP contribution in [0.3, 0.4) is 0 Å². The van der Waals surface area contributed by atoms with E-state index in [1.165, 1.54) is 6.26 Å². The highest BCUT2D eigenvalue weighted by Crippen LogP contribution is 2.30. The minimum atomic E-state index is -0.350. The lowest BCUT2D eigenvalue weighted by Gasteiger charge is -2.22. The van der Waals surface area contributed by atoms with Crippen molar-refractivity contribution in [1.29, 1.82) is 0 Å². The molecule has 0 saturated carbocycles. The highest BCUT2D eigenvalue weighted by molar-refractivity contribution is 5.85. The standard InChI is InChI=1S/C19H24N2O4/c1-19(2,3)15-8-4-5-9-16(15)25-13-18(23)21-12-17(22)20-11-14-7-6-10-24-14/h4-10H,11-13H2,1-3H3,(H,20,22)(H,21,23). The first-order chi connectivity index (χ1) is 11.9. The third-order valence-electron chi connectivity index (χ3n) is 3.54. The normalized spacial score (nSPS) is 11.0. The molecule has 0 aliphatic rings. The predicted octanol–water partition coefficient (Wildman–Crippen LogP) is 2.39. The summed E-state index contributed by atoms with van der Waals surface area (Å²) in [6, 6.07) is 11.1. The van der Waals surface area contributed by atoms with Crippen molar-refractivity contribution in [3.63, 3.8) is 0 Å². The largest absolute Gasteiger partial charge is 0.483 e. The van der Waals surface area contributed by atoms with E-state index in [0.29, 0.717) is 11.5 Å². The van der Waals surface area contributed by atoms with Gasteiger partial charge in [-0.15, -0.1) is 0 Å². The van der Waals surface area contributed by atoms with Gasteiger partial charge in [0.25, 0.3) is 5.91 Å². The van der Waals surface area contributed by atoms with Gasteiger partial charge >= 0.3 is 0 Å². The van der Waals surface area contributed by atoms with Gasteiger partial charge < -0.3 is 19.8 Å². The second-order valence-electron chi connectivity index (χ2n) is 6.67. The summed E-state index contributed by atoms with van der Waals surface area (Å²) in [5.41, 5.74) is 0.942. The topological polar surface area (TPSA) is 80.6 Å². The number of hydrogen-bond acceptors (Lipinski definition) is 4. The molecule has 6 heteroatoms. The van der Waals surface area contributed by atoms with Gasteiger partial charge in [0.05, 0.1) is 19.4 Å². The molecular weight excluding hydrogens is 320 g/mol. The summed E-state index contributed by atoms with van der Waals surface area (Å²) in [6.45, 7) is 6.29. The Morgan fingerprint density at radius 1 is 1.04 bits per heavy atom. The van der Waals surface area contributed by atoms with Crippen molar-refractivity contribution in [2.75, 3.05) is 13.2 Å². The van der Waals surface area contributed by atoms with Crippen molar-refractivity contribution in [3.05, 3.63) is 54.0 Å². The zero-order valence-corrected chi connectivity index (χ0v) is 14.8. The zero-order valence-electron chi connectivity index (χ0n) is 14.8. The molecule has 0 unspecified atom stereocenters. The van der Waals surface area contributed by atoms with Crippen LogP contribution in [-0.4, -0.2) is 25.0 Å². The van der Waals surface area contributed by atoms with Gasteiger partial charge in [-0.1, -0.05) is 39.0 Å². The quantitative estimate of drug-likeness (QED) is 0.808. The third-order valence-corrected chi connectivity index (χ3v) is 3.54. The fourth-order valence-electron chi connectivity index (χ4n) is 2.25. The lowest BCUT2D eigenvalue weighted by molar-refractivity contribution is -0.127.